The molecule has 0 saturated heterocycles. The highest BCUT2D eigenvalue weighted by Crippen LogP contribution is 2.15. The van der Waals surface area contributed by atoms with Crippen LogP contribution in [-0.2, 0) is 6.54 Å². The van der Waals surface area contributed by atoms with Crippen molar-refractivity contribution in [3.05, 3.63) is 21.4 Å². The Morgan fingerprint density at radius 1 is 1.33 bits per heavy atom. The highest BCUT2D eigenvalue weighted by atomic mass is 35.5. The summed E-state index contributed by atoms with van der Waals surface area (Å²) < 4.78 is 0. The lowest BCUT2D eigenvalue weighted by Crippen LogP contribution is -2.15. The number of nitrogens with one attached hydrogen (secondary N) is 1. The second kappa shape index (κ2) is 5.45. The molecule has 0 bridgehead atoms. The molecule has 96 valence electrons. The quantitative estimate of drug-likeness (QED) is 0.926. The number of anilines is 2. The maximum Gasteiger partial charge on any atom is 0.230 e. The lowest BCUT2D eigenvalue weighted by molar-refractivity contribution is 0.944. The van der Waals surface area contributed by atoms with Gasteiger partial charge in [-0.2, -0.15) is 15.0 Å². The molecule has 0 aromatic carbocycles. The fraction of sp³-hybridized carbons (Fsp3) is 0.400. The van der Waals surface area contributed by atoms with Crippen LogP contribution in [0, 0.1) is 6.92 Å². The smallest absolute Gasteiger partial charge is 0.230 e. The molecule has 1 N–H and O–H groups in total. The van der Waals surface area contributed by atoms with E-state index < -0.39 is 0 Å². The van der Waals surface area contributed by atoms with Gasteiger partial charge in [0.1, 0.15) is 0 Å². The maximum absolute atomic E-state index is 5.84. The summed E-state index contributed by atoms with van der Waals surface area (Å²) in [7, 11) is 3.70. The number of halogens is 1. The largest absolute Gasteiger partial charge is 0.349 e. The van der Waals surface area contributed by atoms with Crippen LogP contribution in [0.5, 0.6) is 0 Å². The monoisotopic (exact) mass is 284 g/mol. The van der Waals surface area contributed by atoms with Crippen molar-refractivity contribution in [1.82, 2.24) is 19.9 Å². The fourth-order valence-corrected chi connectivity index (χ4v) is 2.16. The fourth-order valence-electron chi connectivity index (χ4n) is 1.27. The Balaban J connectivity index is 2.09. The summed E-state index contributed by atoms with van der Waals surface area (Å²) in [5.74, 6) is 0.989. The Labute approximate surface area is 114 Å². The molecule has 0 spiro atoms. The van der Waals surface area contributed by atoms with Crippen molar-refractivity contribution in [3.63, 3.8) is 0 Å². The Morgan fingerprint density at radius 3 is 2.72 bits per heavy atom. The van der Waals surface area contributed by atoms with Gasteiger partial charge >= 0.3 is 0 Å². The molecule has 2 aromatic rings. The van der Waals surface area contributed by atoms with E-state index in [9.17, 15) is 0 Å². The van der Waals surface area contributed by atoms with Gasteiger partial charge in [-0.15, -0.1) is 11.3 Å². The van der Waals surface area contributed by atoms with Crippen molar-refractivity contribution in [1.29, 1.82) is 0 Å². The third kappa shape index (κ3) is 3.27. The average molecular weight is 285 g/mol. The highest BCUT2D eigenvalue weighted by Gasteiger charge is 2.07. The zero-order chi connectivity index (χ0) is 13.1. The average Bonchev–Trinajstić information content (AvgIpc) is 2.72. The summed E-state index contributed by atoms with van der Waals surface area (Å²) in [4.78, 5) is 19.4. The molecule has 2 rings (SSSR count). The van der Waals surface area contributed by atoms with E-state index in [2.05, 4.69) is 25.3 Å². The van der Waals surface area contributed by atoms with Crippen LogP contribution in [-0.4, -0.2) is 34.0 Å². The molecule has 6 nitrogen and oxygen atoms in total. The molecule has 18 heavy (non-hydrogen) atoms. The zero-order valence-corrected chi connectivity index (χ0v) is 11.9. The molecule has 0 aliphatic heterocycles. The van der Waals surface area contributed by atoms with E-state index in [-0.39, 0.29) is 5.28 Å². The highest BCUT2D eigenvalue weighted by molar-refractivity contribution is 7.11. The summed E-state index contributed by atoms with van der Waals surface area (Å²) in [5.41, 5.74) is 0. The van der Waals surface area contributed by atoms with Crippen LogP contribution in [0.4, 0.5) is 11.9 Å². The van der Waals surface area contributed by atoms with Crippen molar-refractivity contribution >= 4 is 34.8 Å². The van der Waals surface area contributed by atoms with Crippen molar-refractivity contribution in [3.8, 4) is 0 Å². The van der Waals surface area contributed by atoms with Crippen LogP contribution in [0.15, 0.2) is 6.20 Å². The standard InChI is InChI=1S/C10H13ClN6S/c1-6-12-4-7(18-6)5-13-9-14-8(11)15-10(16-9)17(2)3/h4H,5H2,1-3H3,(H,13,14,15,16). The molecule has 0 atom stereocenters. The van der Waals surface area contributed by atoms with E-state index in [1.165, 1.54) is 0 Å². The molecule has 8 heteroatoms. The van der Waals surface area contributed by atoms with Gasteiger partial charge in [0, 0.05) is 25.2 Å². The van der Waals surface area contributed by atoms with Gasteiger partial charge in [0.15, 0.2) is 0 Å². The van der Waals surface area contributed by atoms with Gasteiger partial charge in [0.2, 0.25) is 17.2 Å². The predicted octanol–water partition coefficient (Wildman–Crippen LogP) is 1.97. The Morgan fingerprint density at radius 2 is 2.11 bits per heavy atom. The van der Waals surface area contributed by atoms with Crippen LogP contribution >= 0.6 is 22.9 Å². The van der Waals surface area contributed by atoms with Crippen molar-refractivity contribution in [2.24, 2.45) is 0 Å². The van der Waals surface area contributed by atoms with Gasteiger partial charge in [0.05, 0.1) is 11.6 Å². The Bertz CT molecular complexity index is 541. The van der Waals surface area contributed by atoms with Crippen LogP contribution in [0.3, 0.4) is 0 Å². The molecule has 0 aliphatic rings. The predicted molar refractivity (Wildman–Crippen MR) is 73.3 cm³/mol. The number of thiazole rings is 1. The maximum atomic E-state index is 5.84. The van der Waals surface area contributed by atoms with Crippen molar-refractivity contribution in [2.75, 3.05) is 24.3 Å². The third-order valence-electron chi connectivity index (χ3n) is 2.09. The first-order chi connectivity index (χ1) is 8.54. The van der Waals surface area contributed by atoms with E-state index in [4.69, 9.17) is 11.6 Å². The molecule has 0 amide bonds. The molecule has 0 unspecified atom stereocenters. The van der Waals surface area contributed by atoms with E-state index in [1.807, 2.05) is 27.2 Å². The number of hydrogen-bond donors (Lipinski definition) is 1. The SMILES string of the molecule is Cc1ncc(CNc2nc(Cl)nc(N(C)C)n2)s1. The third-order valence-corrected chi connectivity index (χ3v) is 3.17. The van der Waals surface area contributed by atoms with Crippen molar-refractivity contribution < 1.29 is 0 Å². The van der Waals surface area contributed by atoms with E-state index in [0.29, 0.717) is 18.4 Å². The van der Waals surface area contributed by atoms with Gasteiger partial charge in [-0.25, -0.2) is 4.98 Å². The number of hydrogen-bond acceptors (Lipinski definition) is 7. The number of rotatable bonds is 4. The zero-order valence-electron chi connectivity index (χ0n) is 10.3. The van der Waals surface area contributed by atoms with E-state index in [1.54, 1.807) is 16.2 Å². The number of aromatic nitrogens is 4. The molecule has 0 fully saturated rings. The van der Waals surface area contributed by atoms with E-state index >= 15 is 0 Å². The second-order valence-electron chi connectivity index (χ2n) is 3.82. The second-order valence-corrected chi connectivity index (χ2v) is 5.48. The van der Waals surface area contributed by atoms with Crippen LogP contribution in [0.25, 0.3) is 0 Å². The van der Waals surface area contributed by atoms with Gasteiger partial charge in [-0.1, -0.05) is 0 Å². The van der Waals surface area contributed by atoms with Gasteiger partial charge in [-0.3, -0.25) is 0 Å². The van der Waals surface area contributed by atoms with Gasteiger partial charge in [0.25, 0.3) is 0 Å². The molecule has 2 aromatic heterocycles. The summed E-state index contributed by atoms with van der Waals surface area (Å²) in [5, 5.41) is 4.32. The summed E-state index contributed by atoms with van der Waals surface area (Å²) in [6.07, 6.45) is 1.84. The van der Waals surface area contributed by atoms with Gasteiger partial charge in [-0.05, 0) is 18.5 Å². The minimum absolute atomic E-state index is 0.177. The molecular weight excluding hydrogens is 272 g/mol. The minimum atomic E-state index is 0.177. The van der Waals surface area contributed by atoms with E-state index in [0.717, 1.165) is 9.88 Å². The van der Waals surface area contributed by atoms with Crippen LogP contribution < -0.4 is 10.2 Å². The topological polar surface area (TPSA) is 66.8 Å². The van der Waals surface area contributed by atoms with Crippen LogP contribution in [0.1, 0.15) is 9.88 Å². The Kier molecular flexibility index (Phi) is 3.93. The first kappa shape index (κ1) is 13.0. The lowest BCUT2D eigenvalue weighted by Gasteiger charge is -2.11. The molecule has 0 saturated carbocycles. The summed E-state index contributed by atoms with van der Waals surface area (Å²) in [6.45, 7) is 2.59. The van der Waals surface area contributed by atoms with Crippen molar-refractivity contribution in [2.45, 2.75) is 13.5 Å². The van der Waals surface area contributed by atoms with Crippen LogP contribution in [0.2, 0.25) is 5.28 Å². The molecule has 2 heterocycles. The number of nitrogens with zero attached hydrogens (tertiary/aromatic N) is 5. The summed E-state index contributed by atoms with van der Waals surface area (Å²) >= 11 is 7.47. The number of aryl methyl sites for hydroxylation is 1. The lowest BCUT2D eigenvalue weighted by atomic mass is 10.5. The molecule has 0 aliphatic carbocycles. The molecular formula is C10H13ClN6S. The molecule has 0 radical (unpaired) electrons. The Hall–Kier alpha value is -1.47. The van der Waals surface area contributed by atoms with Gasteiger partial charge < -0.3 is 10.2 Å². The normalized spacial score (nSPS) is 10.4. The minimum Gasteiger partial charge on any atom is -0.349 e. The summed E-state index contributed by atoms with van der Waals surface area (Å²) in [6, 6.07) is 0. The first-order valence-corrected chi connectivity index (χ1v) is 6.48. The first-order valence-electron chi connectivity index (χ1n) is 5.28.